The molecule has 3 aromatic heterocycles. The van der Waals surface area contributed by atoms with Crippen LogP contribution in [0.15, 0.2) is 48.8 Å². The molecule has 1 atom stereocenters. The molecular weight excluding hydrogens is 506 g/mol. The summed E-state index contributed by atoms with van der Waals surface area (Å²) < 4.78 is 21.9. The Balaban J connectivity index is 1.73. The molecule has 1 aromatic carbocycles. The number of methoxy groups -OCH3 is 3. The van der Waals surface area contributed by atoms with Gasteiger partial charge < -0.3 is 19.3 Å². The number of nitrogens with zero attached hydrogens (tertiary/aromatic N) is 6. The molecule has 1 unspecified atom stereocenters. The number of aliphatic hydroxyl groups is 1. The number of pyridine rings is 1. The molecule has 200 valence electrons. The van der Waals surface area contributed by atoms with Gasteiger partial charge in [0, 0.05) is 36.7 Å². The highest BCUT2D eigenvalue weighted by molar-refractivity contribution is 8.01. The predicted octanol–water partition coefficient (Wildman–Crippen LogP) is 3.90. The van der Waals surface area contributed by atoms with Gasteiger partial charge in [-0.3, -0.25) is 9.29 Å². The van der Waals surface area contributed by atoms with Crippen LogP contribution < -0.4 is 18.9 Å². The van der Waals surface area contributed by atoms with Crippen LogP contribution in [0.5, 0.6) is 17.4 Å². The summed E-state index contributed by atoms with van der Waals surface area (Å²) in [4.78, 5) is 13.5. The summed E-state index contributed by atoms with van der Waals surface area (Å²) in [6.07, 6.45) is 5.64. The molecule has 0 saturated carbocycles. The minimum Gasteiger partial charge on any atom is -0.494 e. The second-order valence-electron chi connectivity index (χ2n) is 8.35. The Bertz CT molecular complexity index is 1310. The first kappa shape index (κ1) is 27.1. The maximum Gasteiger partial charge on any atom is 0.239 e. The van der Waals surface area contributed by atoms with Gasteiger partial charge in [0.25, 0.3) is 0 Å². The quantitative estimate of drug-likeness (QED) is 0.241. The molecule has 0 radical (unpaired) electrons. The van der Waals surface area contributed by atoms with E-state index in [0.29, 0.717) is 53.4 Å². The van der Waals surface area contributed by atoms with Gasteiger partial charge in [0.2, 0.25) is 11.8 Å². The van der Waals surface area contributed by atoms with Gasteiger partial charge in [-0.25, -0.2) is 15.0 Å². The van der Waals surface area contributed by atoms with Gasteiger partial charge in [-0.1, -0.05) is 12.1 Å². The molecule has 11 nitrogen and oxygen atoms in total. The number of anilines is 1. The number of benzene rings is 1. The zero-order valence-corrected chi connectivity index (χ0v) is 22.6. The Kier molecular flexibility index (Phi) is 9.33. The summed E-state index contributed by atoms with van der Waals surface area (Å²) in [6, 6.07) is 11.0. The lowest BCUT2D eigenvalue weighted by atomic mass is 10.2. The molecule has 12 heteroatoms. The molecule has 4 aromatic rings. The molecule has 4 rings (SSSR count). The number of aryl methyl sites for hydroxylation is 1. The fourth-order valence-corrected chi connectivity index (χ4v) is 4.74. The maximum absolute atomic E-state index is 9.45. The summed E-state index contributed by atoms with van der Waals surface area (Å²) in [7, 11) is 4.76. The molecule has 0 aliphatic carbocycles. The first-order valence-corrected chi connectivity index (χ1v) is 12.9. The minimum atomic E-state index is 0.0629. The SMILES string of the molecule is COc1cccc(-c2nnc(NSC(CCCO)Cc3ncc(C)cn3)n2-c2c(OC)cccc2OC)n1. The lowest BCUT2D eigenvalue weighted by Crippen LogP contribution is -2.14. The van der Waals surface area contributed by atoms with Crippen LogP contribution in [0.3, 0.4) is 0 Å². The van der Waals surface area contributed by atoms with Crippen molar-refractivity contribution in [2.75, 3.05) is 32.7 Å². The third-order valence-corrected chi connectivity index (χ3v) is 6.73. The van der Waals surface area contributed by atoms with Gasteiger partial charge in [0.05, 0.1) is 21.3 Å². The Hall–Kier alpha value is -3.90. The molecule has 3 heterocycles. The molecule has 0 bridgehead atoms. The van der Waals surface area contributed by atoms with E-state index in [4.69, 9.17) is 14.2 Å². The second kappa shape index (κ2) is 13.1. The van der Waals surface area contributed by atoms with Crippen molar-refractivity contribution in [3.63, 3.8) is 0 Å². The van der Waals surface area contributed by atoms with Gasteiger partial charge in [-0.05, 0) is 55.5 Å². The van der Waals surface area contributed by atoms with Gasteiger partial charge >= 0.3 is 0 Å². The van der Waals surface area contributed by atoms with E-state index < -0.39 is 0 Å². The predicted molar refractivity (Wildman–Crippen MR) is 146 cm³/mol. The Morgan fingerprint density at radius 2 is 1.68 bits per heavy atom. The van der Waals surface area contributed by atoms with Crippen LogP contribution in [0.25, 0.3) is 17.2 Å². The number of hydrogen-bond donors (Lipinski definition) is 2. The molecule has 2 N–H and O–H groups in total. The summed E-state index contributed by atoms with van der Waals surface area (Å²) in [6.45, 7) is 2.06. The van der Waals surface area contributed by atoms with Crippen LogP contribution in [0.4, 0.5) is 5.95 Å². The minimum absolute atomic E-state index is 0.0629. The highest BCUT2D eigenvalue weighted by Gasteiger charge is 2.24. The van der Waals surface area contributed by atoms with Crippen molar-refractivity contribution in [2.45, 2.75) is 31.4 Å². The third kappa shape index (κ3) is 6.32. The number of ether oxygens (including phenoxy) is 3. The number of nitrogens with one attached hydrogen (secondary N) is 1. The summed E-state index contributed by atoms with van der Waals surface area (Å²) >= 11 is 1.47. The number of rotatable bonds is 13. The highest BCUT2D eigenvalue weighted by atomic mass is 32.2. The molecule has 0 fully saturated rings. The van der Waals surface area contributed by atoms with Crippen molar-refractivity contribution in [1.29, 1.82) is 0 Å². The molecule has 0 spiro atoms. The standard InChI is InChI=1S/C26H31N7O4S/c1-17-15-27-22(28-16-17)14-18(8-7-13-34)38-32-26-31-30-25(19-9-5-12-23(29-19)37-4)33(26)24-20(35-2)10-6-11-21(24)36-3/h5-6,9-12,15-16,18,34H,7-8,13-14H2,1-4H3,(H,31,32). The Morgan fingerprint density at radius 1 is 0.974 bits per heavy atom. The third-order valence-electron chi connectivity index (χ3n) is 5.70. The van der Waals surface area contributed by atoms with Crippen molar-refractivity contribution >= 4 is 17.9 Å². The largest absolute Gasteiger partial charge is 0.494 e. The number of hydrogen-bond acceptors (Lipinski definition) is 11. The average molecular weight is 538 g/mol. The van der Waals surface area contributed by atoms with Crippen molar-refractivity contribution in [3.05, 3.63) is 60.2 Å². The fourth-order valence-electron chi connectivity index (χ4n) is 3.82. The Morgan fingerprint density at radius 3 is 2.34 bits per heavy atom. The van der Waals surface area contributed by atoms with Crippen LogP contribution in [-0.2, 0) is 6.42 Å². The smallest absolute Gasteiger partial charge is 0.239 e. The van der Waals surface area contributed by atoms with Crippen molar-refractivity contribution in [2.24, 2.45) is 0 Å². The molecule has 0 amide bonds. The van der Waals surface area contributed by atoms with E-state index >= 15 is 0 Å². The van der Waals surface area contributed by atoms with Crippen LogP contribution in [-0.4, -0.2) is 68.0 Å². The lowest BCUT2D eigenvalue weighted by molar-refractivity contribution is 0.284. The average Bonchev–Trinajstić information content (AvgIpc) is 3.38. The number of para-hydroxylation sites is 1. The molecule has 0 aliphatic heterocycles. The van der Waals surface area contributed by atoms with Crippen molar-refractivity contribution in [3.8, 4) is 34.6 Å². The van der Waals surface area contributed by atoms with Crippen LogP contribution in [0.2, 0.25) is 0 Å². The van der Waals surface area contributed by atoms with E-state index in [0.717, 1.165) is 17.8 Å². The van der Waals surface area contributed by atoms with E-state index in [9.17, 15) is 5.11 Å². The lowest BCUT2D eigenvalue weighted by Gasteiger charge is -2.19. The molecule has 0 saturated heterocycles. The summed E-state index contributed by atoms with van der Waals surface area (Å²) in [5, 5.41) is 18.4. The zero-order chi connectivity index (χ0) is 26.9. The summed E-state index contributed by atoms with van der Waals surface area (Å²) in [5.74, 6) is 3.27. The topological polar surface area (TPSA) is 129 Å². The van der Waals surface area contributed by atoms with Crippen LogP contribution in [0.1, 0.15) is 24.2 Å². The second-order valence-corrected chi connectivity index (χ2v) is 9.45. The number of aromatic nitrogens is 6. The number of aliphatic hydroxyl groups excluding tert-OH is 1. The van der Waals surface area contributed by atoms with E-state index in [1.54, 1.807) is 27.4 Å². The van der Waals surface area contributed by atoms with E-state index in [1.165, 1.54) is 11.9 Å². The van der Waals surface area contributed by atoms with E-state index in [1.807, 2.05) is 54.2 Å². The van der Waals surface area contributed by atoms with Gasteiger partial charge in [-0.15, -0.1) is 10.2 Å². The molecule has 38 heavy (non-hydrogen) atoms. The van der Waals surface area contributed by atoms with Crippen molar-refractivity contribution in [1.82, 2.24) is 29.7 Å². The highest BCUT2D eigenvalue weighted by Crippen LogP contribution is 2.38. The van der Waals surface area contributed by atoms with E-state index in [2.05, 4.69) is 29.9 Å². The monoisotopic (exact) mass is 537 g/mol. The van der Waals surface area contributed by atoms with Crippen LogP contribution >= 0.6 is 11.9 Å². The first-order chi connectivity index (χ1) is 18.6. The molecular formula is C26H31N7O4S. The zero-order valence-electron chi connectivity index (χ0n) is 21.8. The van der Waals surface area contributed by atoms with Crippen LogP contribution in [0, 0.1) is 6.92 Å². The normalized spacial score (nSPS) is 11.7. The summed E-state index contributed by atoms with van der Waals surface area (Å²) in [5.41, 5.74) is 2.19. The van der Waals surface area contributed by atoms with Gasteiger partial charge in [-0.2, -0.15) is 0 Å². The van der Waals surface area contributed by atoms with Gasteiger partial charge in [0.1, 0.15) is 28.7 Å². The molecule has 0 aliphatic rings. The van der Waals surface area contributed by atoms with E-state index in [-0.39, 0.29) is 11.9 Å². The van der Waals surface area contributed by atoms with Crippen molar-refractivity contribution < 1.29 is 19.3 Å². The maximum atomic E-state index is 9.45. The van der Waals surface area contributed by atoms with Gasteiger partial charge in [0.15, 0.2) is 5.82 Å². The fraction of sp³-hybridized carbons (Fsp3) is 0.346. The Labute approximate surface area is 225 Å². The first-order valence-electron chi connectivity index (χ1n) is 12.1.